The lowest BCUT2D eigenvalue weighted by Crippen LogP contribution is -2.46. The molecule has 7 heteroatoms. The van der Waals surface area contributed by atoms with E-state index in [1.165, 1.54) is 18.2 Å². The molecule has 2 aromatic rings. The Morgan fingerprint density at radius 1 is 1.33 bits per heavy atom. The van der Waals surface area contributed by atoms with Gasteiger partial charge in [0.2, 0.25) is 0 Å². The number of carbonyl (C=O) groups excluding carboxylic acids is 2. The lowest BCUT2D eigenvalue weighted by molar-refractivity contribution is 0.0407. The first-order valence-electron chi connectivity index (χ1n) is 9.15. The van der Waals surface area contributed by atoms with Gasteiger partial charge in [0.15, 0.2) is 5.78 Å². The second-order valence-corrected chi connectivity index (χ2v) is 7.28. The molecule has 0 N–H and O–H groups in total. The number of likely N-dealkylation sites (tertiary alicyclic amines) is 1. The Morgan fingerprint density at radius 2 is 2.15 bits per heavy atom. The minimum absolute atomic E-state index is 0.0466. The van der Waals surface area contributed by atoms with Crippen LogP contribution in [0.25, 0.3) is 0 Å². The highest BCUT2D eigenvalue weighted by atomic mass is 19.1. The number of ether oxygens (including phenoxy) is 1. The normalized spacial score (nSPS) is 22.3. The molecule has 0 radical (unpaired) electrons. The van der Waals surface area contributed by atoms with Crippen molar-refractivity contribution in [3.8, 4) is 5.75 Å². The van der Waals surface area contributed by atoms with Gasteiger partial charge in [-0.1, -0.05) is 5.16 Å². The molecule has 6 nitrogen and oxygen atoms in total. The summed E-state index contributed by atoms with van der Waals surface area (Å²) in [6.45, 7) is 4.65. The van der Waals surface area contributed by atoms with Crippen LogP contribution >= 0.6 is 0 Å². The van der Waals surface area contributed by atoms with Gasteiger partial charge in [0.05, 0.1) is 11.3 Å². The van der Waals surface area contributed by atoms with Gasteiger partial charge in [-0.05, 0) is 44.9 Å². The van der Waals surface area contributed by atoms with E-state index in [0.29, 0.717) is 41.4 Å². The first-order valence-corrected chi connectivity index (χ1v) is 9.15. The minimum Gasteiger partial charge on any atom is -0.489 e. The smallest absolute Gasteiger partial charge is 0.259 e. The van der Waals surface area contributed by atoms with Gasteiger partial charge in [-0.15, -0.1) is 0 Å². The maximum atomic E-state index is 13.4. The van der Waals surface area contributed by atoms with Crippen LogP contribution in [0, 0.1) is 25.6 Å². The molecule has 4 rings (SSSR count). The third-order valence-corrected chi connectivity index (χ3v) is 5.43. The van der Waals surface area contributed by atoms with Gasteiger partial charge in [0.1, 0.15) is 29.0 Å². The van der Waals surface area contributed by atoms with Crippen LogP contribution in [0.2, 0.25) is 0 Å². The number of hydrogen-bond donors (Lipinski definition) is 0. The molecule has 0 saturated carbocycles. The number of carbonyl (C=O) groups is 2. The van der Waals surface area contributed by atoms with Crippen molar-refractivity contribution in [2.75, 3.05) is 13.1 Å². The van der Waals surface area contributed by atoms with Gasteiger partial charge in [-0.3, -0.25) is 9.59 Å². The van der Waals surface area contributed by atoms with E-state index in [9.17, 15) is 14.0 Å². The summed E-state index contributed by atoms with van der Waals surface area (Å²) in [6, 6.07) is 4.02. The summed E-state index contributed by atoms with van der Waals surface area (Å²) in [5, 5.41) is 3.86. The summed E-state index contributed by atoms with van der Waals surface area (Å²) in [7, 11) is 0. The molecule has 27 heavy (non-hydrogen) atoms. The zero-order valence-corrected chi connectivity index (χ0v) is 15.3. The molecule has 2 aliphatic rings. The monoisotopic (exact) mass is 372 g/mol. The van der Waals surface area contributed by atoms with E-state index in [4.69, 9.17) is 9.26 Å². The zero-order chi connectivity index (χ0) is 19.1. The number of benzene rings is 1. The van der Waals surface area contributed by atoms with E-state index in [-0.39, 0.29) is 30.1 Å². The highest BCUT2D eigenvalue weighted by molar-refractivity contribution is 6.00. The van der Waals surface area contributed by atoms with E-state index in [2.05, 4.69) is 5.16 Å². The number of aryl methyl sites for hydroxylation is 2. The van der Waals surface area contributed by atoms with Crippen molar-refractivity contribution in [3.63, 3.8) is 0 Å². The molecule has 1 aromatic carbocycles. The van der Waals surface area contributed by atoms with Crippen LogP contribution < -0.4 is 4.74 Å². The predicted octanol–water partition coefficient (Wildman–Crippen LogP) is 3.32. The number of hydrogen-bond acceptors (Lipinski definition) is 5. The van der Waals surface area contributed by atoms with E-state index < -0.39 is 5.82 Å². The topological polar surface area (TPSA) is 72.6 Å². The highest BCUT2D eigenvalue weighted by Crippen LogP contribution is 2.34. The van der Waals surface area contributed by atoms with Crippen LogP contribution in [0.4, 0.5) is 4.39 Å². The molecular formula is C20H21FN2O4. The Balaban J connectivity index is 1.51. The second kappa shape index (κ2) is 6.79. The number of piperidine rings is 1. The molecule has 1 fully saturated rings. The van der Waals surface area contributed by atoms with Crippen LogP contribution in [0.1, 0.15) is 51.4 Å². The summed E-state index contributed by atoms with van der Waals surface area (Å²) in [5.41, 5.74) is 1.39. The Hall–Kier alpha value is -2.70. The number of halogens is 1. The van der Waals surface area contributed by atoms with Gasteiger partial charge >= 0.3 is 0 Å². The third kappa shape index (κ3) is 3.22. The lowest BCUT2D eigenvalue weighted by Gasteiger charge is -2.38. The zero-order valence-electron chi connectivity index (χ0n) is 15.3. The van der Waals surface area contributed by atoms with Gasteiger partial charge in [-0.2, -0.15) is 0 Å². The summed E-state index contributed by atoms with van der Waals surface area (Å²) in [5.74, 6) is 0.324. The van der Waals surface area contributed by atoms with Crippen molar-refractivity contribution in [2.45, 2.75) is 39.2 Å². The maximum Gasteiger partial charge on any atom is 0.259 e. The summed E-state index contributed by atoms with van der Waals surface area (Å²) < 4.78 is 24.5. The number of ketones is 1. The van der Waals surface area contributed by atoms with E-state index in [0.717, 1.165) is 12.8 Å². The van der Waals surface area contributed by atoms with Crippen LogP contribution in [0.5, 0.6) is 5.75 Å². The molecule has 142 valence electrons. The summed E-state index contributed by atoms with van der Waals surface area (Å²) in [4.78, 5) is 27.1. The number of aromatic nitrogens is 1. The third-order valence-electron chi connectivity index (χ3n) is 5.43. The fourth-order valence-corrected chi connectivity index (χ4v) is 4.03. The average Bonchev–Trinajstić information content (AvgIpc) is 3.00. The molecule has 0 aliphatic carbocycles. The molecule has 0 spiro atoms. The molecule has 2 atom stereocenters. The van der Waals surface area contributed by atoms with Crippen molar-refractivity contribution in [3.05, 3.63) is 46.6 Å². The van der Waals surface area contributed by atoms with Crippen LogP contribution in [-0.2, 0) is 0 Å². The quantitative estimate of drug-likeness (QED) is 0.809. The molecule has 1 saturated heterocycles. The SMILES string of the molecule is Cc1noc(C)c1C(=O)N1CCC[C@@H]([C@H]2CC(=O)c3cc(F)ccc3O2)C1. The van der Waals surface area contributed by atoms with Crippen molar-refractivity contribution < 1.29 is 23.2 Å². The van der Waals surface area contributed by atoms with Crippen LogP contribution in [-0.4, -0.2) is 40.9 Å². The van der Waals surface area contributed by atoms with Gasteiger partial charge in [0.25, 0.3) is 5.91 Å². The first-order chi connectivity index (χ1) is 12.9. The molecular weight excluding hydrogens is 351 g/mol. The van der Waals surface area contributed by atoms with Crippen molar-refractivity contribution in [1.29, 1.82) is 0 Å². The number of amides is 1. The maximum absolute atomic E-state index is 13.4. The summed E-state index contributed by atoms with van der Waals surface area (Å²) >= 11 is 0. The van der Waals surface area contributed by atoms with Gasteiger partial charge in [0, 0.05) is 25.4 Å². The van der Waals surface area contributed by atoms with E-state index >= 15 is 0 Å². The molecule has 3 heterocycles. The first kappa shape index (κ1) is 17.7. The molecule has 2 aliphatic heterocycles. The number of Topliss-reactive ketones (excluding diaryl/α,β-unsaturated/α-hetero) is 1. The Morgan fingerprint density at radius 3 is 2.89 bits per heavy atom. The standard InChI is InChI=1S/C20H21FN2O4/c1-11-19(12(2)27-22-11)20(25)23-7-3-4-13(10-23)18-9-16(24)15-8-14(21)5-6-17(15)26-18/h5-6,8,13,18H,3-4,7,9-10H2,1-2H3/t13-,18-/m1/s1. The predicted molar refractivity (Wildman–Crippen MR) is 94.4 cm³/mol. The number of nitrogens with zero attached hydrogens (tertiary/aromatic N) is 2. The van der Waals surface area contributed by atoms with Crippen molar-refractivity contribution in [1.82, 2.24) is 10.1 Å². The Bertz CT molecular complexity index is 888. The fourth-order valence-electron chi connectivity index (χ4n) is 4.03. The second-order valence-electron chi connectivity index (χ2n) is 7.28. The van der Waals surface area contributed by atoms with Crippen LogP contribution in [0.3, 0.4) is 0 Å². The number of fused-ring (bicyclic) bond motifs is 1. The highest BCUT2D eigenvalue weighted by Gasteiger charge is 2.37. The molecule has 1 aromatic heterocycles. The minimum atomic E-state index is -0.446. The fraction of sp³-hybridized carbons (Fsp3) is 0.450. The van der Waals surface area contributed by atoms with Gasteiger partial charge in [-0.25, -0.2) is 4.39 Å². The van der Waals surface area contributed by atoms with E-state index in [1.54, 1.807) is 18.7 Å². The van der Waals surface area contributed by atoms with Crippen LogP contribution in [0.15, 0.2) is 22.7 Å². The molecule has 0 bridgehead atoms. The summed E-state index contributed by atoms with van der Waals surface area (Å²) in [6.07, 6.45) is 1.61. The molecule has 1 amide bonds. The Kier molecular flexibility index (Phi) is 4.45. The largest absolute Gasteiger partial charge is 0.489 e. The van der Waals surface area contributed by atoms with Crippen molar-refractivity contribution >= 4 is 11.7 Å². The Labute approximate surface area is 156 Å². The van der Waals surface area contributed by atoms with E-state index in [1.807, 2.05) is 0 Å². The van der Waals surface area contributed by atoms with Crippen molar-refractivity contribution in [2.24, 2.45) is 5.92 Å². The number of rotatable bonds is 2. The lowest BCUT2D eigenvalue weighted by atomic mass is 9.86. The average molecular weight is 372 g/mol. The van der Waals surface area contributed by atoms with Gasteiger partial charge < -0.3 is 14.2 Å². The molecule has 0 unspecified atom stereocenters.